The zero-order valence-electron chi connectivity index (χ0n) is 15.6. The summed E-state index contributed by atoms with van der Waals surface area (Å²) in [4.78, 5) is 19.7. The molecule has 5 rings (SSSR count). The number of nitrogens with one attached hydrogen (secondary N) is 1. The van der Waals surface area contributed by atoms with Crippen LogP contribution < -0.4 is 5.73 Å². The lowest BCUT2D eigenvalue weighted by atomic mass is 9.70. The number of rotatable bonds is 3. The van der Waals surface area contributed by atoms with Gasteiger partial charge in [-0.2, -0.15) is 5.10 Å². The summed E-state index contributed by atoms with van der Waals surface area (Å²) in [6.45, 7) is 1.37. The average molecular weight is 394 g/mol. The maximum atomic E-state index is 13.1. The van der Waals surface area contributed by atoms with Gasteiger partial charge in [0.1, 0.15) is 0 Å². The van der Waals surface area contributed by atoms with Crippen LogP contribution in [0.15, 0.2) is 35.7 Å². The molecule has 1 aliphatic carbocycles. The summed E-state index contributed by atoms with van der Waals surface area (Å²) >= 11 is 1.48. The van der Waals surface area contributed by atoms with Crippen LogP contribution in [-0.2, 0) is 18.3 Å². The Morgan fingerprint density at radius 2 is 1.96 bits per heavy atom. The molecule has 1 saturated heterocycles. The second-order valence-electron chi connectivity index (χ2n) is 7.69. The van der Waals surface area contributed by atoms with Crippen LogP contribution in [0.3, 0.4) is 0 Å². The number of carbonyl (C=O) groups is 1. The third-order valence-corrected chi connectivity index (χ3v) is 6.93. The molecule has 0 spiro atoms. The Balaban J connectivity index is 1.42. The Labute approximate surface area is 167 Å². The quantitative estimate of drug-likeness (QED) is 0.715. The van der Waals surface area contributed by atoms with Crippen LogP contribution in [0.5, 0.6) is 0 Å². The fraction of sp³-hybridized carbons (Fsp3) is 0.381. The van der Waals surface area contributed by atoms with Gasteiger partial charge in [-0.15, -0.1) is 11.3 Å². The van der Waals surface area contributed by atoms with E-state index in [4.69, 9.17) is 5.73 Å². The summed E-state index contributed by atoms with van der Waals surface area (Å²) in [6.07, 6.45) is 4.72. The minimum absolute atomic E-state index is 0.0545. The Morgan fingerprint density at radius 3 is 2.68 bits per heavy atom. The van der Waals surface area contributed by atoms with E-state index in [9.17, 15) is 4.79 Å². The van der Waals surface area contributed by atoms with Crippen LogP contribution in [-0.4, -0.2) is 39.1 Å². The number of aromatic nitrogens is 3. The highest BCUT2D eigenvalue weighted by Crippen LogP contribution is 2.42. The highest BCUT2D eigenvalue weighted by Gasteiger charge is 2.41. The number of hydrogen-bond acceptors (Lipinski definition) is 5. The molecule has 2 aromatic heterocycles. The van der Waals surface area contributed by atoms with Crippen LogP contribution in [0.4, 0.5) is 5.13 Å². The van der Waals surface area contributed by atoms with E-state index in [1.807, 2.05) is 11.0 Å². The Morgan fingerprint density at radius 1 is 1.18 bits per heavy atom. The molecule has 3 aromatic rings. The van der Waals surface area contributed by atoms with Crippen molar-refractivity contribution in [1.29, 1.82) is 0 Å². The molecule has 1 aromatic carbocycles. The van der Waals surface area contributed by atoms with Gasteiger partial charge in [0.15, 0.2) is 10.8 Å². The summed E-state index contributed by atoms with van der Waals surface area (Å²) in [7, 11) is 0. The molecule has 3 N–H and O–H groups in total. The Hall–Kier alpha value is -2.67. The summed E-state index contributed by atoms with van der Waals surface area (Å²) in [6, 6.07) is 10.5. The summed E-state index contributed by atoms with van der Waals surface area (Å²) in [5.41, 5.74) is 10.9. The first-order valence-corrected chi connectivity index (χ1v) is 10.7. The summed E-state index contributed by atoms with van der Waals surface area (Å²) in [5, 5.41) is 10.0. The van der Waals surface area contributed by atoms with Crippen molar-refractivity contribution in [3.8, 4) is 0 Å². The van der Waals surface area contributed by atoms with Crippen LogP contribution in [0.25, 0.3) is 0 Å². The predicted octanol–water partition coefficient (Wildman–Crippen LogP) is 3.16. The molecule has 1 aliphatic heterocycles. The summed E-state index contributed by atoms with van der Waals surface area (Å²) in [5.74, 6) is 0.0545. The molecule has 0 saturated carbocycles. The van der Waals surface area contributed by atoms with Gasteiger partial charge in [-0.1, -0.05) is 30.3 Å². The first kappa shape index (κ1) is 17.4. The molecule has 7 heteroatoms. The molecule has 0 radical (unpaired) electrons. The van der Waals surface area contributed by atoms with Crippen LogP contribution in [0, 0.1) is 0 Å². The Kier molecular flexibility index (Phi) is 4.19. The van der Waals surface area contributed by atoms with Gasteiger partial charge in [0, 0.05) is 35.1 Å². The maximum Gasteiger partial charge on any atom is 0.274 e. The number of carbonyl (C=O) groups excluding carboxylic acids is 1. The number of aromatic amines is 1. The van der Waals surface area contributed by atoms with Crippen molar-refractivity contribution < 1.29 is 4.79 Å². The normalized spacial score (nSPS) is 18.2. The van der Waals surface area contributed by atoms with E-state index in [-0.39, 0.29) is 11.3 Å². The molecule has 1 fully saturated rings. The molecule has 2 aliphatic rings. The molecule has 0 atom stereocenters. The van der Waals surface area contributed by atoms with Gasteiger partial charge in [-0.25, -0.2) is 4.98 Å². The number of piperidine rings is 1. The monoisotopic (exact) mass is 393 g/mol. The fourth-order valence-corrected chi connectivity index (χ4v) is 5.36. The minimum atomic E-state index is -0.195. The van der Waals surface area contributed by atoms with Gasteiger partial charge in [-0.3, -0.25) is 9.89 Å². The number of nitrogens with zero attached hydrogens (tertiary/aromatic N) is 3. The van der Waals surface area contributed by atoms with Crippen molar-refractivity contribution in [3.05, 3.63) is 63.9 Å². The molecule has 3 heterocycles. The second-order valence-corrected chi connectivity index (χ2v) is 8.58. The molecule has 144 valence electrons. The van der Waals surface area contributed by atoms with E-state index in [0.717, 1.165) is 49.1 Å². The van der Waals surface area contributed by atoms with Gasteiger partial charge in [-0.05, 0) is 37.7 Å². The number of fused-ring (bicyclic) bond motifs is 1. The van der Waals surface area contributed by atoms with Crippen molar-refractivity contribution in [2.75, 3.05) is 18.8 Å². The molecule has 0 unspecified atom stereocenters. The van der Waals surface area contributed by atoms with Crippen molar-refractivity contribution >= 4 is 22.4 Å². The van der Waals surface area contributed by atoms with Gasteiger partial charge in [0.2, 0.25) is 0 Å². The highest BCUT2D eigenvalue weighted by molar-refractivity contribution is 7.13. The lowest BCUT2D eigenvalue weighted by molar-refractivity contribution is 0.0677. The molecule has 6 nitrogen and oxygen atoms in total. The van der Waals surface area contributed by atoms with Gasteiger partial charge < -0.3 is 10.6 Å². The number of benzene rings is 1. The van der Waals surface area contributed by atoms with Gasteiger partial charge in [0.05, 0.1) is 5.69 Å². The number of thiazole rings is 1. The van der Waals surface area contributed by atoms with E-state index in [1.165, 1.54) is 16.9 Å². The molecule has 0 bridgehead atoms. The SMILES string of the molecule is Nc1nc(C2(c3ccccc3)CCN(C(=O)c3n[nH]c4c3CCC4)CC2)cs1. The number of amides is 1. The van der Waals surface area contributed by atoms with Gasteiger partial charge in [0.25, 0.3) is 5.91 Å². The maximum absolute atomic E-state index is 13.1. The molecule has 1 amide bonds. The van der Waals surface area contributed by atoms with E-state index >= 15 is 0 Å². The standard InChI is InChI=1S/C21H23N5OS/c22-20-23-17(13-28-20)21(14-5-2-1-3-6-14)9-11-26(12-10-21)19(27)18-15-7-4-8-16(15)24-25-18/h1-3,5-6,13H,4,7-12H2,(H2,22,23)(H,24,25). The fourth-order valence-electron chi connectivity index (χ4n) is 4.69. The first-order chi connectivity index (χ1) is 13.7. The number of hydrogen-bond donors (Lipinski definition) is 2. The van der Waals surface area contributed by atoms with Crippen molar-refractivity contribution in [2.24, 2.45) is 0 Å². The van der Waals surface area contributed by atoms with E-state index in [1.54, 1.807) is 0 Å². The minimum Gasteiger partial charge on any atom is -0.375 e. The van der Waals surface area contributed by atoms with E-state index < -0.39 is 0 Å². The zero-order valence-corrected chi connectivity index (χ0v) is 16.5. The molecule has 28 heavy (non-hydrogen) atoms. The van der Waals surface area contributed by atoms with Crippen molar-refractivity contribution in [1.82, 2.24) is 20.1 Å². The smallest absolute Gasteiger partial charge is 0.274 e. The van der Waals surface area contributed by atoms with Crippen molar-refractivity contribution in [3.63, 3.8) is 0 Å². The highest BCUT2D eigenvalue weighted by atomic mass is 32.1. The number of H-pyrrole nitrogens is 1. The van der Waals surface area contributed by atoms with Crippen LogP contribution in [0.2, 0.25) is 0 Å². The number of likely N-dealkylation sites (tertiary alicyclic amines) is 1. The predicted molar refractivity (Wildman–Crippen MR) is 109 cm³/mol. The number of nitrogens with two attached hydrogens (primary N) is 1. The third kappa shape index (κ3) is 2.73. The first-order valence-electron chi connectivity index (χ1n) is 9.80. The average Bonchev–Trinajstić information content (AvgIpc) is 3.45. The lowest BCUT2D eigenvalue weighted by Crippen LogP contribution is -2.46. The number of anilines is 1. The zero-order chi connectivity index (χ0) is 19.1. The summed E-state index contributed by atoms with van der Waals surface area (Å²) < 4.78 is 0. The molecular weight excluding hydrogens is 370 g/mol. The number of nitrogen functional groups attached to an aromatic ring is 1. The second kappa shape index (κ2) is 6.74. The van der Waals surface area contributed by atoms with E-state index in [0.29, 0.717) is 23.9 Å². The number of aryl methyl sites for hydroxylation is 1. The van der Waals surface area contributed by atoms with Gasteiger partial charge >= 0.3 is 0 Å². The van der Waals surface area contributed by atoms with Crippen LogP contribution in [0.1, 0.15) is 52.3 Å². The van der Waals surface area contributed by atoms with Crippen molar-refractivity contribution in [2.45, 2.75) is 37.5 Å². The largest absolute Gasteiger partial charge is 0.375 e. The Bertz CT molecular complexity index is 1000. The molecular formula is C21H23N5OS. The van der Waals surface area contributed by atoms with E-state index in [2.05, 4.69) is 44.8 Å². The van der Waals surface area contributed by atoms with Crippen LogP contribution >= 0.6 is 11.3 Å². The lowest BCUT2D eigenvalue weighted by Gasteiger charge is -2.41. The third-order valence-electron chi connectivity index (χ3n) is 6.25. The topological polar surface area (TPSA) is 87.9 Å².